The van der Waals surface area contributed by atoms with Crippen LogP contribution in [0.25, 0.3) is 12.2 Å². The molecule has 0 amide bonds. The molecule has 0 spiro atoms. The molecule has 0 radical (unpaired) electrons. The summed E-state index contributed by atoms with van der Waals surface area (Å²) in [6.45, 7) is 1.62. The van der Waals surface area contributed by atoms with Crippen molar-refractivity contribution in [3.63, 3.8) is 0 Å². The number of aromatic hydroxyl groups is 4. The number of hydrogen-bond donors (Lipinski definition) is 4. The topological polar surface area (TPSA) is 80.9 Å². The minimum absolute atomic E-state index is 0.0215. The highest BCUT2D eigenvalue weighted by Crippen LogP contribution is 2.29. The first-order valence-corrected chi connectivity index (χ1v) is 5.70. The third-order valence-corrected chi connectivity index (χ3v) is 2.84. The minimum Gasteiger partial charge on any atom is -0.508 e. The van der Waals surface area contributed by atoms with Crippen molar-refractivity contribution < 1.29 is 20.4 Å². The molecule has 2 aromatic rings. The molecular formula is C15H14O4. The summed E-state index contributed by atoms with van der Waals surface area (Å²) in [4.78, 5) is 0. The lowest BCUT2D eigenvalue weighted by atomic mass is 10.1. The number of phenolic OH excluding ortho intramolecular Hbond substituents is 4. The van der Waals surface area contributed by atoms with E-state index in [0.717, 1.165) is 0 Å². The first kappa shape index (κ1) is 12.8. The van der Waals surface area contributed by atoms with Crippen molar-refractivity contribution in [3.8, 4) is 23.0 Å². The number of benzene rings is 2. The summed E-state index contributed by atoms with van der Waals surface area (Å²) < 4.78 is 0. The third kappa shape index (κ3) is 2.80. The molecule has 4 heteroatoms. The number of rotatable bonds is 2. The molecule has 4 nitrogen and oxygen atoms in total. The van der Waals surface area contributed by atoms with Gasteiger partial charge in [-0.3, -0.25) is 0 Å². The highest BCUT2D eigenvalue weighted by atomic mass is 16.3. The fourth-order valence-corrected chi connectivity index (χ4v) is 1.64. The number of phenols is 4. The summed E-state index contributed by atoms with van der Waals surface area (Å²) in [6, 6.07) is 7.51. The molecular weight excluding hydrogens is 244 g/mol. The van der Waals surface area contributed by atoms with Gasteiger partial charge in [0.25, 0.3) is 0 Å². The lowest BCUT2D eigenvalue weighted by Gasteiger charge is -2.04. The van der Waals surface area contributed by atoms with Crippen LogP contribution in [0.3, 0.4) is 0 Å². The molecule has 0 unspecified atom stereocenters. The lowest BCUT2D eigenvalue weighted by molar-refractivity contribution is 0.403. The van der Waals surface area contributed by atoms with Crippen molar-refractivity contribution in [3.05, 3.63) is 47.0 Å². The third-order valence-electron chi connectivity index (χ3n) is 2.84. The van der Waals surface area contributed by atoms with Crippen LogP contribution < -0.4 is 0 Å². The summed E-state index contributed by atoms with van der Waals surface area (Å²) >= 11 is 0. The van der Waals surface area contributed by atoms with E-state index in [1.54, 1.807) is 25.1 Å². The van der Waals surface area contributed by atoms with E-state index in [0.29, 0.717) is 16.7 Å². The van der Waals surface area contributed by atoms with E-state index in [4.69, 9.17) is 0 Å². The zero-order valence-corrected chi connectivity index (χ0v) is 10.3. The van der Waals surface area contributed by atoms with Crippen LogP contribution in [-0.4, -0.2) is 20.4 Å². The molecule has 0 aliphatic heterocycles. The van der Waals surface area contributed by atoms with Gasteiger partial charge >= 0.3 is 0 Å². The van der Waals surface area contributed by atoms with E-state index in [-0.39, 0.29) is 23.0 Å². The molecule has 2 aromatic carbocycles. The molecule has 4 N–H and O–H groups in total. The summed E-state index contributed by atoms with van der Waals surface area (Å²) in [7, 11) is 0. The monoisotopic (exact) mass is 258 g/mol. The molecule has 0 aromatic heterocycles. The van der Waals surface area contributed by atoms with Crippen LogP contribution in [-0.2, 0) is 0 Å². The van der Waals surface area contributed by atoms with Crippen LogP contribution >= 0.6 is 0 Å². The van der Waals surface area contributed by atoms with Gasteiger partial charge in [0.05, 0.1) is 0 Å². The Labute approximate surface area is 110 Å². The van der Waals surface area contributed by atoms with Crippen LogP contribution in [0.4, 0.5) is 0 Å². The Morgan fingerprint density at radius 2 is 1.21 bits per heavy atom. The van der Waals surface area contributed by atoms with E-state index in [2.05, 4.69) is 0 Å². The molecule has 0 fully saturated rings. The van der Waals surface area contributed by atoms with Crippen LogP contribution in [0, 0.1) is 6.92 Å². The maximum absolute atomic E-state index is 9.59. The molecule has 0 atom stereocenters. The summed E-state index contributed by atoms with van der Waals surface area (Å²) in [5.74, 6) is -0.332. The quantitative estimate of drug-likeness (QED) is 0.493. The van der Waals surface area contributed by atoms with Gasteiger partial charge in [0, 0.05) is 5.56 Å². The van der Waals surface area contributed by atoms with Crippen LogP contribution in [0.2, 0.25) is 0 Å². The highest BCUT2D eigenvalue weighted by Gasteiger charge is 2.03. The van der Waals surface area contributed by atoms with E-state index >= 15 is 0 Å². The fourth-order valence-electron chi connectivity index (χ4n) is 1.64. The maximum Gasteiger partial charge on any atom is 0.157 e. The second-order valence-electron chi connectivity index (χ2n) is 4.27. The normalized spacial score (nSPS) is 11.0. The van der Waals surface area contributed by atoms with E-state index < -0.39 is 0 Å². The predicted octanol–water partition coefficient (Wildman–Crippen LogP) is 2.99. The van der Waals surface area contributed by atoms with Crippen molar-refractivity contribution in [2.24, 2.45) is 0 Å². The van der Waals surface area contributed by atoms with Gasteiger partial charge in [0.15, 0.2) is 11.5 Å². The first-order chi connectivity index (χ1) is 8.97. The Kier molecular flexibility index (Phi) is 3.33. The molecule has 0 saturated heterocycles. The van der Waals surface area contributed by atoms with Crippen LogP contribution in [0.15, 0.2) is 30.3 Å². The van der Waals surface area contributed by atoms with Crippen molar-refractivity contribution in [1.29, 1.82) is 0 Å². The second kappa shape index (κ2) is 4.94. The average molecular weight is 258 g/mol. The van der Waals surface area contributed by atoms with E-state index in [9.17, 15) is 20.4 Å². The molecule has 2 rings (SSSR count). The van der Waals surface area contributed by atoms with Crippen LogP contribution in [0.5, 0.6) is 23.0 Å². The van der Waals surface area contributed by atoms with Crippen molar-refractivity contribution >= 4 is 12.2 Å². The molecule has 0 heterocycles. The van der Waals surface area contributed by atoms with Gasteiger partial charge < -0.3 is 20.4 Å². The Balaban J connectivity index is 2.30. The standard InChI is InChI=1S/C15H14O4/c1-9-13(17)7-11(8-14(9)18)3-2-10-4-5-12(16)15(19)6-10/h2-8,16-19H,1H3/b3-2+. The summed E-state index contributed by atoms with van der Waals surface area (Å²) in [5.41, 5.74) is 1.75. The fraction of sp³-hybridized carbons (Fsp3) is 0.0667. The largest absolute Gasteiger partial charge is 0.508 e. The summed E-state index contributed by atoms with van der Waals surface area (Å²) in [5, 5.41) is 37.7. The Hall–Kier alpha value is -2.62. The van der Waals surface area contributed by atoms with Gasteiger partial charge in [0.1, 0.15) is 11.5 Å². The van der Waals surface area contributed by atoms with Gasteiger partial charge in [-0.1, -0.05) is 18.2 Å². The second-order valence-corrected chi connectivity index (χ2v) is 4.27. The molecule has 0 bridgehead atoms. The lowest BCUT2D eigenvalue weighted by Crippen LogP contribution is -1.80. The minimum atomic E-state index is -0.197. The smallest absolute Gasteiger partial charge is 0.157 e. The van der Waals surface area contributed by atoms with E-state index in [1.165, 1.54) is 24.3 Å². The van der Waals surface area contributed by atoms with Gasteiger partial charge in [-0.2, -0.15) is 0 Å². The zero-order valence-electron chi connectivity index (χ0n) is 10.3. The highest BCUT2D eigenvalue weighted by molar-refractivity contribution is 5.72. The summed E-state index contributed by atoms with van der Waals surface area (Å²) in [6.07, 6.45) is 3.38. The number of hydrogen-bond acceptors (Lipinski definition) is 4. The van der Waals surface area contributed by atoms with Crippen molar-refractivity contribution in [2.75, 3.05) is 0 Å². The Morgan fingerprint density at radius 3 is 1.79 bits per heavy atom. The first-order valence-electron chi connectivity index (χ1n) is 5.70. The molecule has 0 aliphatic rings. The van der Waals surface area contributed by atoms with Gasteiger partial charge in [-0.25, -0.2) is 0 Å². The molecule has 0 aliphatic carbocycles. The van der Waals surface area contributed by atoms with Crippen LogP contribution in [0.1, 0.15) is 16.7 Å². The molecule has 0 saturated carbocycles. The van der Waals surface area contributed by atoms with Crippen molar-refractivity contribution in [1.82, 2.24) is 0 Å². The van der Waals surface area contributed by atoms with Gasteiger partial charge in [-0.15, -0.1) is 0 Å². The zero-order chi connectivity index (χ0) is 14.0. The van der Waals surface area contributed by atoms with Gasteiger partial charge in [0.2, 0.25) is 0 Å². The SMILES string of the molecule is Cc1c(O)cc(/C=C/c2ccc(O)c(O)c2)cc1O. The Morgan fingerprint density at radius 1 is 0.684 bits per heavy atom. The Bertz CT molecular complexity index is 622. The maximum atomic E-state index is 9.59. The molecule has 19 heavy (non-hydrogen) atoms. The predicted molar refractivity (Wildman–Crippen MR) is 73.2 cm³/mol. The molecule has 98 valence electrons. The van der Waals surface area contributed by atoms with E-state index in [1.807, 2.05) is 0 Å². The van der Waals surface area contributed by atoms with Crippen molar-refractivity contribution in [2.45, 2.75) is 6.92 Å². The average Bonchev–Trinajstić information content (AvgIpc) is 2.37. The van der Waals surface area contributed by atoms with Gasteiger partial charge in [-0.05, 0) is 42.3 Å².